The Morgan fingerprint density at radius 3 is 2.10 bits per heavy atom. The van der Waals surface area contributed by atoms with Crippen LogP contribution in [0.15, 0.2) is 60.7 Å². The van der Waals surface area contributed by atoms with Crippen LogP contribution in [0, 0.1) is 0 Å². The molecule has 156 valence electrons. The highest BCUT2D eigenvalue weighted by molar-refractivity contribution is 5.66. The summed E-state index contributed by atoms with van der Waals surface area (Å²) in [5, 5.41) is 21.1. The molecule has 0 amide bonds. The molecule has 1 heterocycles. The van der Waals surface area contributed by atoms with E-state index in [0.717, 1.165) is 11.1 Å². The summed E-state index contributed by atoms with van der Waals surface area (Å²) in [4.78, 5) is 11.5. The van der Waals surface area contributed by atoms with Crippen molar-refractivity contribution >= 4 is 5.97 Å². The maximum atomic E-state index is 11.5. The Kier molecular flexibility index (Phi) is 7.74. The molecule has 0 radical (unpaired) electrons. The molecule has 2 aromatic rings. The van der Waals surface area contributed by atoms with Crippen LogP contribution in [0.3, 0.4) is 0 Å². The van der Waals surface area contributed by atoms with Crippen LogP contribution in [0.4, 0.5) is 0 Å². The summed E-state index contributed by atoms with van der Waals surface area (Å²) in [6, 6.07) is 18.9. The first-order chi connectivity index (χ1) is 14.0. The molecule has 0 aromatic heterocycles. The fourth-order valence-corrected chi connectivity index (χ4v) is 3.18. The van der Waals surface area contributed by atoms with Gasteiger partial charge in [0.05, 0.1) is 19.8 Å². The van der Waals surface area contributed by atoms with Crippen molar-refractivity contribution in [3.05, 3.63) is 71.8 Å². The van der Waals surface area contributed by atoms with Crippen LogP contribution in [0.1, 0.15) is 18.1 Å². The minimum absolute atomic E-state index is 0.0241. The zero-order chi connectivity index (χ0) is 20.6. The lowest BCUT2D eigenvalue weighted by molar-refractivity contribution is -0.302. The molecule has 29 heavy (non-hydrogen) atoms. The van der Waals surface area contributed by atoms with E-state index in [2.05, 4.69) is 0 Å². The van der Waals surface area contributed by atoms with Gasteiger partial charge in [-0.25, -0.2) is 0 Å². The predicted molar refractivity (Wildman–Crippen MR) is 104 cm³/mol. The summed E-state index contributed by atoms with van der Waals surface area (Å²) in [5.41, 5.74) is 1.85. The van der Waals surface area contributed by atoms with E-state index in [9.17, 15) is 15.0 Å². The zero-order valence-electron chi connectivity index (χ0n) is 16.2. The van der Waals surface area contributed by atoms with E-state index in [-0.39, 0.29) is 13.2 Å². The van der Waals surface area contributed by atoms with Gasteiger partial charge >= 0.3 is 5.97 Å². The molecule has 7 heteroatoms. The van der Waals surface area contributed by atoms with Gasteiger partial charge < -0.3 is 29.2 Å². The molecule has 5 atom stereocenters. The predicted octanol–water partition coefficient (Wildman–Crippen LogP) is 1.80. The number of aliphatic hydroxyl groups excluding tert-OH is 2. The smallest absolute Gasteiger partial charge is 0.303 e. The number of carbonyl (C=O) groups excluding carboxylic acids is 1. The minimum atomic E-state index is -1.38. The lowest BCUT2D eigenvalue weighted by atomic mass is 9.98. The molecular formula is C22H26O7. The second-order valence-corrected chi connectivity index (χ2v) is 6.89. The third-order valence-electron chi connectivity index (χ3n) is 4.62. The topological polar surface area (TPSA) is 94.5 Å². The zero-order valence-corrected chi connectivity index (χ0v) is 16.2. The Labute approximate surface area is 169 Å². The number of aliphatic hydroxyl groups is 2. The van der Waals surface area contributed by atoms with E-state index in [1.54, 1.807) is 0 Å². The third kappa shape index (κ3) is 6.09. The molecule has 1 aliphatic heterocycles. The van der Waals surface area contributed by atoms with Crippen LogP contribution >= 0.6 is 0 Å². The summed E-state index contributed by atoms with van der Waals surface area (Å²) >= 11 is 0. The Morgan fingerprint density at radius 2 is 1.52 bits per heavy atom. The first-order valence-electron chi connectivity index (χ1n) is 9.50. The van der Waals surface area contributed by atoms with E-state index in [4.69, 9.17) is 18.9 Å². The SMILES string of the molecule is CC(=O)OC1C(OCc2ccccc2)[C@@H](O)OC(COCc2ccccc2)[C@H]1O. The second-order valence-electron chi connectivity index (χ2n) is 6.89. The van der Waals surface area contributed by atoms with Crippen LogP contribution in [0.2, 0.25) is 0 Å². The largest absolute Gasteiger partial charge is 0.457 e. The highest BCUT2D eigenvalue weighted by atomic mass is 16.7. The number of carbonyl (C=O) groups is 1. The van der Waals surface area contributed by atoms with Gasteiger partial charge in [-0.15, -0.1) is 0 Å². The number of hydrogen-bond acceptors (Lipinski definition) is 7. The maximum Gasteiger partial charge on any atom is 0.303 e. The van der Waals surface area contributed by atoms with Crippen LogP contribution < -0.4 is 0 Å². The van der Waals surface area contributed by atoms with E-state index >= 15 is 0 Å². The van der Waals surface area contributed by atoms with Crippen LogP contribution in [0.25, 0.3) is 0 Å². The molecule has 1 fully saturated rings. The van der Waals surface area contributed by atoms with Gasteiger partial charge in [0.25, 0.3) is 0 Å². The average Bonchev–Trinajstić information content (AvgIpc) is 2.72. The van der Waals surface area contributed by atoms with Crippen LogP contribution in [-0.4, -0.2) is 53.5 Å². The molecule has 7 nitrogen and oxygen atoms in total. The Balaban J connectivity index is 1.61. The lowest BCUT2D eigenvalue weighted by Crippen LogP contribution is -2.60. The fraction of sp³-hybridized carbons (Fsp3) is 0.409. The summed E-state index contributed by atoms with van der Waals surface area (Å²) < 4.78 is 22.1. The molecule has 0 bridgehead atoms. The maximum absolute atomic E-state index is 11.5. The van der Waals surface area contributed by atoms with E-state index in [1.807, 2.05) is 60.7 Å². The van der Waals surface area contributed by atoms with Crippen molar-refractivity contribution in [2.24, 2.45) is 0 Å². The summed E-state index contributed by atoms with van der Waals surface area (Å²) in [7, 11) is 0. The van der Waals surface area contributed by atoms with E-state index in [0.29, 0.717) is 6.61 Å². The summed E-state index contributed by atoms with van der Waals surface area (Å²) in [5.74, 6) is -0.583. The molecule has 2 N–H and O–H groups in total. The van der Waals surface area contributed by atoms with Crippen molar-refractivity contribution in [1.82, 2.24) is 0 Å². The number of benzene rings is 2. The van der Waals surface area contributed by atoms with E-state index < -0.39 is 36.7 Å². The van der Waals surface area contributed by atoms with E-state index in [1.165, 1.54) is 6.92 Å². The highest BCUT2D eigenvalue weighted by Crippen LogP contribution is 2.26. The first-order valence-corrected chi connectivity index (χ1v) is 9.50. The van der Waals surface area contributed by atoms with Crippen molar-refractivity contribution in [1.29, 1.82) is 0 Å². The quantitative estimate of drug-likeness (QED) is 0.650. The van der Waals surface area contributed by atoms with Gasteiger partial charge in [-0.3, -0.25) is 4.79 Å². The molecule has 1 aliphatic rings. The van der Waals surface area contributed by atoms with Crippen molar-refractivity contribution in [2.75, 3.05) is 6.61 Å². The number of rotatable bonds is 8. The van der Waals surface area contributed by atoms with Gasteiger partial charge in [0.2, 0.25) is 0 Å². The van der Waals surface area contributed by atoms with Gasteiger partial charge in [-0.05, 0) is 11.1 Å². The number of esters is 1. The number of ether oxygens (including phenoxy) is 4. The van der Waals surface area contributed by atoms with Crippen LogP contribution in [-0.2, 0) is 37.0 Å². The Morgan fingerprint density at radius 1 is 0.931 bits per heavy atom. The van der Waals surface area contributed by atoms with Gasteiger partial charge in [0.15, 0.2) is 12.4 Å². The average molecular weight is 402 g/mol. The number of hydrogen-bond donors (Lipinski definition) is 2. The van der Waals surface area contributed by atoms with Crippen molar-refractivity contribution < 1.29 is 34.0 Å². The van der Waals surface area contributed by atoms with Crippen molar-refractivity contribution in [3.8, 4) is 0 Å². The molecule has 0 aliphatic carbocycles. The van der Waals surface area contributed by atoms with Gasteiger partial charge in [0.1, 0.15) is 18.3 Å². The second kappa shape index (κ2) is 10.5. The normalized spacial score (nSPS) is 26.8. The monoisotopic (exact) mass is 402 g/mol. The van der Waals surface area contributed by atoms with Gasteiger partial charge in [-0.2, -0.15) is 0 Å². The Bertz CT molecular complexity index is 752. The molecule has 3 unspecified atom stereocenters. The molecule has 2 aromatic carbocycles. The molecule has 0 spiro atoms. The lowest BCUT2D eigenvalue weighted by Gasteiger charge is -2.41. The molecule has 3 rings (SSSR count). The fourth-order valence-electron chi connectivity index (χ4n) is 3.18. The van der Waals surface area contributed by atoms with Crippen molar-refractivity contribution in [3.63, 3.8) is 0 Å². The highest BCUT2D eigenvalue weighted by Gasteiger charge is 2.47. The Hall–Kier alpha value is -2.29. The van der Waals surface area contributed by atoms with Crippen LogP contribution in [0.5, 0.6) is 0 Å². The summed E-state index contributed by atoms with van der Waals surface area (Å²) in [6.45, 7) is 1.77. The molecule has 0 saturated carbocycles. The van der Waals surface area contributed by atoms with Gasteiger partial charge in [-0.1, -0.05) is 60.7 Å². The molecular weight excluding hydrogens is 376 g/mol. The third-order valence-corrected chi connectivity index (χ3v) is 4.62. The van der Waals surface area contributed by atoms with Gasteiger partial charge in [0, 0.05) is 6.92 Å². The summed E-state index contributed by atoms with van der Waals surface area (Å²) in [6.07, 6.45) is -5.56. The minimum Gasteiger partial charge on any atom is -0.457 e. The first kappa shape index (κ1) is 21.4. The molecule has 1 saturated heterocycles. The van der Waals surface area contributed by atoms with Crippen molar-refractivity contribution in [2.45, 2.75) is 50.8 Å². The standard InChI is InChI=1S/C22H26O7/c1-15(23)28-20-19(24)18(14-26-12-16-8-4-2-5-9-16)29-22(25)21(20)27-13-17-10-6-3-7-11-17/h2-11,18-22,24-25H,12-14H2,1H3/t18?,19-,20?,21?,22+/m1/s1.